The number of amides is 2. The Balaban J connectivity index is 1.87. The summed E-state index contributed by atoms with van der Waals surface area (Å²) in [7, 11) is 0. The molecular formula is C21H29Cl2N3O3. The van der Waals surface area contributed by atoms with Crippen molar-refractivity contribution in [3.05, 3.63) is 33.8 Å². The van der Waals surface area contributed by atoms with Gasteiger partial charge in [0.2, 0.25) is 5.91 Å². The van der Waals surface area contributed by atoms with Crippen LogP contribution in [0.5, 0.6) is 0 Å². The number of benzene rings is 1. The van der Waals surface area contributed by atoms with Crippen LogP contribution in [0.4, 0.5) is 0 Å². The van der Waals surface area contributed by atoms with Crippen molar-refractivity contribution >= 4 is 40.7 Å². The maximum absolute atomic E-state index is 12.7. The van der Waals surface area contributed by atoms with E-state index >= 15 is 0 Å². The highest BCUT2D eigenvalue weighted by molar-refractivity contribution is 6.45. The summed E-state index contributed by atoms with van der Waals surface area (Å²) in [5.41, 5.74) is 1.40. The second-order valence-corrected chi connectivity index (χ2v) is 8.04. The molecule has 0 radical (unpaired) electrons. The van der Waals surface area contributed by atoms with Gasteiger partial charge in [0.05, 0.1) is 29.3 Å². The first-order valence-electron chi connectivity index (χ1n) is 10.00. The van der Waals surface area contributed by atoms with Gasteiger partial charge in [-0.3, -0.25) is 14.6 Å². The van der Waals surface area contributed by atoms with Gasteiger partial charge in [-0.2, -0.15) is 0 Å². The maximum Gasteiger partial charge on any atom is 0.268 e. The lowest BCUT2D eigenvalue weighted by atomic mass is 10.1. The van der Waals surface area contributed by atoms with Gasteiger partial charge in [0.25, 0.3) is 5.91 Å². The molecule has 1 unspecified atom stereocenters. The number of aryl methyl sites for hydroxylation is 1. The Morgan fingerprint density at radius 3 is 2.76 bits per heavy atom. The predicted molar refractivity (Wildman–Crippen MR) is 117 cm³/mol. The first-order chi connectivity index (χ1) is 13.8. The highest BCUT2D eigenvalue weighted by Gasteiger charge is 2.40. The molecule has 1 aliphatic rings. The molecule has 8 heteroatoms. The summed E-state index contributed by atoms with van der Waals surface area (Å²) in [6, 6.07) is 5.53. The molecule has 29 heavy (non-hydrogen) atoms. The van der Waals surface area contributed by atoms with E-state index in [9.17, 15) is 9.59 Å². The second-order valence-electron chi connectivity index (χ2n) is 7.23. The number of hydrogen-bond acceptors (Lipinski definition) is 4. The SMILES string of the molecule is CCN1CC(C(=O)NCCCc2ccc(Cl)c(Cl)c2)C(=NCCOC(C)C)C1=O. The number of nitrogens with one attached hydrogen (secondary N) is 1. The molecule has 160 valence electrons. The van der Waals surface area contributed by atoms with Gasteiger partial charge in [-0.25, -0.2) is 0 Å². The van der Waals surface area contributed by atoms with E-state index in [1.807, 2.05) is 32.9 Å². The van der Waals surface area contributed by atoms with Crippen LogP contribution in [-0.2, 0) is 20.7 Å². The van der Waals surface area contributed by atoms with Crippen molar-refractivity contribution in [2.45, 2.75) is 39.7 Å². The van der Waals surface area contributed by atoms with Gasteiger partial charge < -0.3 is 15.0 Å². The zero-order chi connectivity index (χ0) is 21.4. The Kier molecular flexibility index (Phi) is 9.40. The number of nitrogens with zero attached hydrogens (tertiary/aromatic N) is 2. The van der Waals surface area contributed by atoms with Gasteiger partial charge in [0.1, 0.15) is 11.6 Å². The number of hydrogen-bond donors (Lipinski definition) is 1. The molecule has 1 aromatic carbocycles. The van der Waals surface area contributed by atoms with Crippen LogP contribution in [0.15, 0.2) is 23.2 Å². The highest BCUT2D eigenvalue weighted by Crippen LogP contribution is 2.23. The van der Waals surface area contributed by atoms with Crippen molar-refractivity contribution in [2.75, 3.05) is 32.8 Å². The topological polar surface area (TPSA) is 71.0 Å². The van der Waals surface area contributed by atoms with Crippen molar-refractivity contribution in [1.82, 2.24) is 10.2 Å². The van der Waals surface area contributed by atoms with Gasteiger partial charge in [0.15, 0.2) is 0 Å². The molecule has 1 N–H and O–H groups in total. The summed E-state index contributed by atoms with van der Waals surface area (Å²) >= 11 is 12.0. The van der Waals surface area contributed by atoms with Crippen LogP contribution >= 0.6 is 23.2 Å². The van der Waals surface area contributed by atoms with E-state index in [0.717, 1.165) is 18.4 Å². The largest absolute Gasteiger partial charge is 0.377 e. The molecule has 2 amide bonds. The van der Waals surface area contributed by atoms with E-state index in [1.165, 1.54) is 0 Å². The Labute approximate surface area is 182 Å². The second kappa shape index (κ2) is 11.5. The van der Waals surface area contributed by atoms with Gasteiger partial charge in [0, 0.05) is 19.6 Å². The lowest BCUT2D eigenvalue weighted by Crippen LogP contribution is -2.36. The van der Waals surface area contributed by atoms with Crippen molar-refractivity contribution in [3.8, 4) is 0 Å². The van der Waals surface area contributed by atoms with Crippen molar-refractivity contribution in [2.24, 2.45) is 10.9 Å². The van der Waals surface area contributed by atoms with E-state index in [1.54, 1.807) is 11.0 Å². The quantitative estimate of drug-likeness (QED) is 0.565. The average molecular weight is 442 g/mol. The maximum atomic E-state index is 12.7. The summed E-state index contributed by atoms with van der Waals surface area (Å²) < 4.78 is 5.47. The predicted octanol–water partition coefficient (Wildman–Crippen LogP) is 3.39. The lowest BCUT2D eigenvalue weighted by molar-refractivity contribution is -0.123. The average Bonchev–Trinajstić information content (AvgIpc) is 3.00. The molecule has 0 saturated carbocycles. The summed E-state index contributed by atoms with van der Waals surface area (Å²) in [6.45, 7) is 8.03. The van der Waals surface area contributed by atoms with Crippen molar-refractivity contribution < 1.29 is 14.3 Å². The molecule has 0 aliphatic carbocycles. The molecular weight excluding hydrogens is 413 g/mol. The molecule has 1 saturated heterocycles. The normalized spacial score (nSPS) is 18.1. The molecule has 2 rings (SSSR count). The Morgan fingerprint density at radius 2 is 2.10 bits per heavy atom. The van der Waals surface area contributed by atoms with Crippen LogP contribution < -0.4 is 5.32 Å². The molecule has 0 aromatic heterocycles. The highest BCUT2D eigenvalue weighted by atomic mass is 35.5. The van der Waals surface area contributed by atoms with E-state index in [-0.39, 0.29) is 17.9 Å². The smallest absolute Gasteiger partial charge is 0.268 e. The Morgan fingerprint density at radius 1 is 1.34 bits per heavy atom. The van der Waals surface area contributed by atoms with Crippen molar-refractivity contribution in [1.29, 1.82) is 0 Å². The number of aliphatic imine (C=N–C) groups is 1. The minimum Gasteiger partial charge on any atom is -0.377 e. The first-order valence-corrected chi connectivity index (χ1v) is 10.8. The number of carbonyl (C=O) groups is 2. The molecule has 1 aliphatic heterocycles. The fourth-order valence-corrected chi connectivity index (χ4v) is 3.46. The van der Waals surface area contributed by atoms with E-state index in [2.05, 4.69) is 10.3 Å². The number of likely N-dealkylation sites (tertiary alicyclic amines) is 1. The molecule has 1 fully saturated rings. The summed E-state index contributed by atoms with van der Waals surface area (Å²) in [5, 5.41) is 3.99. The number of halogens is 2. The number of carbonyl (C=O) groups excluding carboxylic acids is 2. The van der Waals surface area contributed by atoms with Crippen LogP contribution in [0.2, 0.25) is 10.0 Å². The Bertz CT molecular complexity index is 753. The van der Waals surface area contributed by atoms with Crippen LogP contribution in [0.25, 0.3) is 0 Å². The fourth-order valence-electron chi connectivity index (χ4n) is 3.14. The third-order valence-corrected chi connectivity index (χ3v) is 5.43. The van der Waals surface area contributed by atoms with Crippen molar-refractivity contribution in [3.63, 3.8) is 0 Å². The summed E-state index contributed by atoms with van der Waals surface area (Å²) in [6.07, 6.45) is 1.64. The Hall–Kier alpha value is -1.63. The van der Waals surface area contributed by atoms with Crippen LogP contribution in [0.3, 0.4) is 0 Å². The lowest BCUT2D eigenvalue weighted by Gasteiger charge is -2.13. The van der Waals surface area contributed by atoms with Gasteiger partial charge in [-0.05, 0) is 51.3 Å². The fraction of sp³-hybridized carbons (Fsp3) is 0.571. The van der Waals surface area contributed by atoms with E-state index in [4.69, 9.17) is 27.9 Å². The van der Waals surface area contributed by atoms with Gasteiger partial charge >= 0.3 is 0 Å². The van der Waals surface area contributed by atoms with Crippen LogP contribution in [-0.4, -0.2) is 61.3 Å². The monoisotopic (exact) mass is 441 g/mol. The van der Waals surface area contributed by atoms with E-state index in [0.29, 0.717) is 48.5 Å². The van der Waals surface area contributed by atoms with Crippen LogP contribution in [0.1, 0.15) is 32.8 Å². The first kappa shape index (κ1) is 23.6. The standard InChI is InChI=1S/C21H29Cl2N3O3/c1-4-26-13-16(19(21(26)28)24-10-11-29-14(2)3)20(27)25-9-5-6-15-7-8-17(22)18(23)12-15/h7-8,12,14,16H,4-6,9-11,13H2,1-3H3,(H,25,27). The molecule has 1 heterocycles. The molecule has 0 spiro atoms. The molecule has 1 aromatic rings. The van der Waals surface area contributed by atoms with E-state index < -0.39 is 5.92 Å². The van der Waals surface area contributed by atoms with Gasteiger partial charge in [-0.15, -0.1) is 0 Å². The third-order valence-electron chi connectivity index (χ3n) is 4.69. The third kappa shape index (κ3) is 6.98. The number of rotatable bonds is 10. The zero-order valence-corrected chi connectivity index (χ0v) is 18.7. The summed E-state index contributed by atoms with van der Waals surface area (Å²) in [5.74, 6) is -0.855. The zero-order valence-electron chi connectivity index (χ0n) is 17.2. The minimum atomic E-state index is -0.536. The minimum absolute atomic E-state index is 0.108. The summed E-state index contributed by atoms with van der Waals surface area (Å²) in [4.78, 5) is 31.2. The molecule has 0 bridgehead atoms. The molecule has 1 atom stereocenters. The van der Waals surface area contributed by atoms with Gasteiger partial charge in [-0.1, -0.05) is 29.3 Å². The number of ether oxygens (including phenoxy) is 1. The molecule has 6 nitrogen and oxygen atoms in total. The van der Waals surface area contributed by atoms with Crippen LogP contribution in [0, 0.1) is 5.92 Å².